The molecule has 0 radical (unpaired) electrons. The molecule has 120 valence electrons. The molecule has 0 bridgehead atoms. The fourth-order valence-corrected chi connectivity index (χ4v) is 2.23. The molecule has 4 heteroatoms. The molecule has 0 spiro atoms. The van der Waals surface area contributed by atoms with Crippen LogP contribution in [0.15, 0.2) is 54.6 Å². The lowest BCUT2D eigenvalue weighted by Gasteiger charge is -2.08. The highest BCUT2D eigenvalue weighted by Crippen LogP contribution is 2.06. The van der Waals surface area contributed by atoms with E-state index in [0.717, 1.165) is 18.4 Å². The van der Waals surface area contributed by atoms with Gasteiger partial charge in [0.2, 0.25) is 5.91 Å². The molecule has 0 unspecified atom stereocenters. The number of rotatable bonds is 7. The van der Waals surface area contributed by atoms with Crippen LogP contribution in [0.2, 0.25) is 0 Å². The van der Waals surface area contributed by atoms with Crippen LogP contribution in [0.3, 0.4) is 0 Å². The lowest BCUT2D eigenvalue weighted by Crippen LogP contribution is -2.36. The van der Waals surface area contributed by atoms with Gasteiger partial charge in [0.15, 0.2) is 0 Å². The summed E-state index contributed by atoms with van der Waals surface area (Å²) in [5, 5.41) is 5.41. The molecule has 2 rings (SSSR count). The van der Waals surface area contributed by atoms with Gasteiger partial charge in [0.25, 0.3) is 5.91 Å². The van der Waals surface area contributed by atoms with Crippen LogP contribution in [0.1, 0.15) is 34.8 Å². The number of hydrogen-bond acceptors (Lipinski definition) is 2. The van der Waals surface area contributed by atoms with E-state index >= 15 is 0 Å². The fraction of sp³-hybridized carbons (Fsp3) is 0.263. The van der Waals surface area contributed by atoms with E-state index in [1.165, 1.54) is 5.56 Å². The van der Waals surface area contributed by atoms with Crippen LogP contribution in [0, 0.1) is 0 Å². The largest absolute Gasteiger partial charge is 0.350 e. The van der Waals surface area contributed by atoms with Crippen LogP contribution in [0.25, 0.3) is 0 Å². The molecule has 2 aromatic rings. The van der Waals surface area contributed by atoms with Crippen LogP contribution in [-0.2, 0) is 17.8 Å². The minimum absolute atomic E-state index is 0.0261. The molecule has 2 N–H and O–H groups in total. The minimum atomic E-state index is -0.246. The molecule has 0 saturated carbocycles. The molecule has 2 amide bonds. The van der Waals surface area contributed by atoms with E-state index in [0.29, 0.717) is 12.1 Å². The molecule has 0 aliphatic carbocycles. The second-order valence-corrected chi connectivity index (χ2v) is 5.39. The Kier molecular flexibility index (Phi) is 6.36. The predicted octanol–water partition coefficient (Wildman–Crippen LogP) is 2.69. The van der Waals surface area contributed by atoms with Gasteiger partial charge >= 0.3 is 0 Å². The van der Waals surface area contributed by atoms with E-state index in [2.05, 4.69) is 29.7 Å². The summed E-state index contributed by atoms with van der Waals surface area (Å²) in [6, 6.07) is 17.1. The lowest BCUT2D eigenvalue weighted by molar-refractivity contribution is -0.120. The lowest BCUT2D eigenvalue weighted by atomic mass is 10.1. The number of carbonyl (C=O) groups is 2. The standard InChI is InChI=1S/C19H22N2O2/c1-2-6-15-9-11-16(12-10-15)13-20-18(22)14-21-19(23)17-7-4-3-5-8-17/h3-5,7-12H,2,6,13-14H2,1H3,(H,20,22)(H,21,23). The first-order valence-electron chi connectivity index (χ1n) is 7.87. The Bertz CT molecular complexity index is 636. The second-order valence-electron chi connectivity index (χ2n) is 5.39. The SMILES string of the molecule is CCCc1ccc(CNC(=O)CNC(=O)c2ccccc2)cc1. The van der Waals surface area contributed by atoms with Crippen molar-refractivity contribution in [2.45, 2.75) is 26.3 Å². The van der Waals surface area contributed by atoms with Crippen LogP contribution < -0.4 is 10.6 Å². The summed E-state index contributed by atoms with van der Waals surface area (Å²) in [6.45, 7) is 2.59. The summed E-state index contributed by atoms with van der Waals surface area (Å²) >= 11 is 0. The van der Waals surface area contributed by atoms with E-state index in [4.69, 9.17) is 0 Å². The van der Waals surface area contributed by atoms with Crippen LogP contribution in [0.5, 0.6) is 0 Å². The van der Waals surface area contributed by atoms with Crippen molar-refractivity contribution in [2.24, 2.45) is 0 Å². The van der Waals surface area contributed by atoms with Crippen molar-refractivity contribution in [2.75, 3.05) is 6.54 Å². The first-order chi connectivity index (χ1) is 11.2. The summed E-state index contributed by atoms with van der Waals surface area (Å²) in [6.07, 6.45) is 2.19. The van der Waals surface area contributed by atoms with Crippen molar-refractivity contribution in [3.63, 3.8) is 0 Å². The zero-order valence-corrected chi connectivity index (χ0v) is 13.3. The fourth-order valence-electron chi connectivity index (χ4n) is 2.23. The molecule has 0 aliphatic rings. The topological polar surface area (TPSA) is 58.2 Å². The van der Waals surface area contributed by atoms with E-state index in [-0.39, 0.29) is 18.4 Å². The summed E-state index contributed by atoms with van der Waals surface area (Å²) in [7, 11) is 0. The molecule has 0 saturated heterocycles. The third-order valence-corrected chi connectivity index (χ3v) is 3.50. The quantitative estimate of drug-likeness (QED) is 0.826. The Morgan fingerprint density at radius 2 is 1.52 bits per heavy atom. The highest BCUT2D eigenvalue weighted by Gasteiger charge is 2.07. The Morgan fingerprint density at radius 1 is 0.870 bits per heavy atom. The van der Waals surface area contributed by atoms with Crippen molar-refractivity contribution < 1.29 is 9.59 Å². The summed E-state index contributed by atoms with van der Waals surface area (Å²) in [4.78, 5) is 23.6. The van der Waals surface area contributed by atoms with Gasteiger partial charge in [-0.1, -0.05) is 55.8 Å². The number of nitrogens with one attached hydrogen (secondary N) is 2. The minimum Gasteiger partial charge on any atom is -0.350 e. The zero-order valence-electron chi connectivity index (χ0n) is 13.3. The monoisotopic (exact) mass is 310 g/mol. The van der Waals surface area contributed by atoms with Gasteiger partial charge in [-0.15, -0.1) is 0 Å². The number of amides is 2. The van der Waals surface area contributed by atoms with Gasteiger partial charge in [0.05, 0.1) is 6.54 Å². The van der Waals surface area contributed by atoms with E-state index in [1.54, 1.807) is 24.3 Å². The molecule has 0 aliphatic heterocycles. The Morgan fingerprint density at radius 3 is 2.17 bits per heavy atom. The second kappa shape index (κ2) is 8.73. The van der Waals surface area contributed by atoms with Crippen molar-refractivity contribution in [1.82, 2.24) is 10.6 Å². The summed E-state index contributed by atoms with van der Waals surface area (Å²) in [5.41, 5.74) is 2.90. The summed E-state index contributed by atoms with van der Waals surface area (Å²) in [5.74, 6) is -0.448. The zero-order chi connectivity index (χ0) is 16.5. The van der Waals surface area contributed by atoms with Gasteiger partial charge in [-0.2, -0.15) is 0 Å². The van der Waals surface area contributed by atoms with Gasteiger partial charge in [0.1, 0.15) is 0 Å². The predicted molar refractivity (Wildman–Crippen MR) is 91.1 cm³/mol. The molecule has 0 atom stereocenters. The molecule has 2 aromatic carbocycles. The maximum atomic E-state index is 11.8. The molecule has 4 nitrogen and oxygen atoms in total. The maximum Gasteiger partial charge on any atom is 0.251 e. The average molecular weight is 310 g/mol. The molecule has 0 fully saturated rings. The Labute approximate surface area is 136 Å². The Balaban J connectivity index is 1.73. The van der Waals surface area contributed by atoms with Gasteiger partial charge < -0.3 is 10.6 Å². The molecular weight excluding hydrogens is 288 g/mol. The molecule has 23 heavy (non-hydrogen) atoms. The average Bonchev–Trinajstić information content (AvgIpc) is 2.60. The van der Waals surface area contributed by atoms with Gasteiger partial charge in [0, 0.05) is 12.1 Å². The smallest absolute Gasteiger partial charge is 0.251 e. The third-order valence-electron chi connectivity index (χ3n) is 3.50. The number of hydrogen-bond donors (Lipinski definition) is 2. The highest BCUT2D eigenvalue weighted by atomic mass is 16.2. The number of aryl methyl sites for hydroxylation is 1. The van der Waals surface area contributed by atoms with E-state index < -0.39 is 0 Å². The normalized spacial score (nSPS) is 10.1. The number of carbonyl (C=O) groups excluding carboxylic acids is 2. The molecule has 0 aromatic heterocycles. The molecular formula is C19H22N2O2. The third kappa shape index (κ3) is 5.58. The summed E-state index contributed by atoms with van der Waals surface area (Å²) < 4.78 is 0. The van der Waals surface area contributed by atoms with Crippen molar-refractivity contribution in [3.8, 4) is 0 Å². The van der Waals surface area contributed by atoms with Crippen molar-refractivity contribution in [1.29, 1.82) is 0 Å². The van der Waals surface area contributed by atoms with Gasteiger partial charge in [-0.05, 0) is 29.7 Å². The van der Waals surface area contributed by atoms with E-state index in [9.17, 15) is 9.59 Å². The van der Waals surface area contributed by atoms with Crippen LogP contribution in [0.4, 0.5) is 0 Å². The van der Waals surface area contributed by atoms with Gasteiger partial charge in [-0.3, -0.25) is 9.59 Å². The first-order valence-corrected chi connectivity index (χ1v) is 7.87. The van der Waals surface area contributed by atoms with Crippen molar-refractivity contribution in [3.05, 3.63) is 71.3 Å². The van der Waals surface area contributed by atoms with Crippen LogP contribution >= 0.6 is 0 Å². The highest BCUT2D eigenvalue weighted by molar-refractivity contribution is 5.96. The Hall–Kier alpha value is -2.62. The van der Waals surface area contributed by atoms with Crippen molar-refractivity contribution >= 4 is 11.8 Å². The van der Waals surface area contributed by atoms with Gasteiger partial charge in [-0.25, -0.2) is 0 Å². The molecule has 0 heterocycles. The number of benzene rings is 2. The first kappa shape index (κ1) is 16.7. The van der Waals surface area contributed by atoms with Crippen LogP contribution in [-0.4, -0.2) is 18.4 Å². The maximum absolute atomic E-state index is 11.8. The van der Waals surface area contributed by atoms with E-state index in [1.807, 2.05) is 18.2 Å².